The highest BCUT2D eigenvalue weighted by Gasteiger charge is 2.16. The largest absolute Gasteiger partial charge is 0.478 e. The molecule has 0 saturated carbocycles. The maximum atomic E-state index is 13.6. The Kier molecular flexibility index (Phi) is 4.18. The highest BCUT2D eigenvalue weighted by molar-refractivity contribution is 6.34. The molecule has 4 nitrogen and oxygen atoms in total. The molecular formula is C14H8ClF2NO3. The lowest BCUT2D eigenvalue weighted by Gasteiger charge is -2.09. The van der Waals surface area contributed by atoms with Crippen LogP contribution in [0.2, 0.25) is 5.02 Å². The Bertz CT molecular complexity index is 734. The van der Waals surface area contributed by atoms with Gasteiger partial charge in [-0.25, -0.2) is 13.6 Å². The van der Waals surface area contributed by atoms with Gasteiger partial charge in [-0.05, 0) is 30.3 Å². The van der Waals surface area contributed by atoms with Crippen molar-refractivity contribution in [2.75, 3.05) is 5.32 Å². The second kappa shape index (κ2) is 5.88. The third kappa shape index (κ3) is 3.17. The van der Waals surface area contributed by atoms with Crippen LogP contribution in [0.15, 0.2) is 36.4 Å². The number of carboxylic acid groups (broad SMARTS) is 1. The zero-order chi connectivity index (χ0) is 15.6. The van der Waals surface area contributed by atoms with Crippen molar-refractivity contribution in [1.29, 1.82) is 0 Å². The van der Waals surface area contributed by atoms with Crippen LogP contribution in [0.4, 0.5) is 14.5 Å². The lowest BCUT2D eigenvalue weighted by atomic mass is 10.1. The SMILES string of the molecule is O=C(O)c1ccc(F)c(NC(=O)c2cccc(F)c2Cl)c1. The lowest BCUT2D eigenvalue weighted by molar-refractivity contribution is 0.0696. The van der Waals surface area contributed by atoms with Crippen LogP contribution in [0.3, 0.4) is 0 Å². The Morgan fingerprint density at radius 3 is 2.48 bits per heavy atom. The van der Waals surface area contributed by atoms with Crippen LogP contribution in [0.1, 0.15) is 20.7 Å². The third-order valence-corrected chi connectivity index (χ3v) is 3.04. The molecule has 0 saturated heterocycles. The molecule has 0 radical (unpaired) electrons. The van der Waals surface area contributed by atoms with Crippen molar-refractivity contribution in [3.63, 3.8) is 0 Å². The Morgan fingerprint density at radius 2 is 1.81 bits per heavy atom. The number of aromatic carboxylic acids is 1. The molecule has 108 valence electrons. The van der Waals surface area contributed by atoms with E-state index >= 15 is 0 Å². The average molecular weight is 312 g/mol. The van der Waals surface area contributed by atoms with Gasteiger partial charge in [0.2, 0.25) is 0 Å². The Hall–Kier alpha value is -2.47. The molecule has 2 rings (SSSR count). The summed E-state index contributed by atoms with van der Waals surface area (Å²) in [5.41, 5.74) is -0.714. The molecule has 0 aromatic heterocycles. The van der Waals surface area contributed by atoms with Crippen molar-refractivity contribution in [3.05, 3.63) is 64.2 Å². The van der Waals surface area contributed by atoms with E-state index in [1.54, 1.807) is 0 Å². The number of benzene rings is 2. The summed E-state index contributed by atoms with van der Waals surface area (Å²) < 4.78 is 26.8. The number of rotatable bonds is 3. The van der Waals surface area contributed by atoms with Crippen molar-refractivity contribution in [2.45, 2.75) is 0 Å². The summed E-state index contributed by atoms with van der Waals surface area (Å²) in [6.45, 7) is 0. The quantitative estimate of drug-likeness (QED) is 0.910. The van der Waals surface area contributed by atoms with Crippen LogP contribution in [0.5, 0.6) is 0 Å². The summed E-state index contributed by atoms with van der Waals surface area (Å²) in [5, 5.41) is 10.6. The fraction of sp³-hybridized carbons (Fsp3) is 0. The minimum Gasteiger partial charge on any atom is -0.478 e. The smallest absolute Gasteiger partial charge is 0.335 e. The Morgan fingerprint density at radius 1 is 1.10 bits per heavy atom. The number of carbonyl (C=O) groups is 2. The third-order valence-electron chi connectivity index (χ3n) is 2.66. The topological polar surface area (TPSA) is 66.4 Å². The van der Waals surface area contributed by atoms with E-state index in [1.807, 2.05) is 0 Å². The summed E-state index contributed by atoms with van der Waals surface area (Å²) in [7, 11) is 0. The molecular weight excluding hydrogens is 304 g/mol. The first-order valence-corrected chi connectivity index (χ1v) is 6.06. The van der Waals surface area contributed by atoms with Crippen molar-refractivity contribution in [2.24, 2.45) is 0 Å². The molecule has 21 heavy (non-hydrogen) atoms. The van der Waals surface area contributed by atoms with Crippen LogP contribution in [-0.4, -0.2) is 17.0 Å². The molecule has 1 amide bonds. The highest BCUT2D eigenvalue weighted by Crippen LogP contribution is 2.22. The highest BCUT2D eigenvalue weighted by atomic mass is 35.5. The predicted molar refractivity (Wildman–Crippen MR) is 72.7 cm³/mol. The average Bonchev–Trinajstić information content (AvgIpc) is 2.43. The molecule has 2 aromatic rings. The van der Waals surface area contributed by atoms with E-state index in [2.05, 4.69) is 5.32 Å². The molecule has 0 atom stereocenters. The number of hydrogen-bond acceptors (Lipinski definition) is 2. The van der Waals surface area contributed by atoms with E-state index in [4.69, 9.17) is 16.7 Å². The fourth-order valence-electron chi connectivity index (χ4n) is 1.62. The van der Waals surface area contributed by atoms with E-state index in [0.29, 0.717) is 0 Å². The second-order valence-corrected chi connectivity index (χ2v) is 4.43. The summed E-state index contributed by atoms with van der Waals surface area (Å²) >= 11 is 5.65. The van der Waals surface area contributed by atoms with Crippen LogP contribution in [0.25, 0.3) is 0 Å². The molecule has 0 bridgehead atoms. The minimum atomic E-state index is -1.27. The second-order valence-electron chi connectivity index (χ2n) is 4.06. The van der Waals surface area contributed by atoms with Crippen LogP contribution in [0, 0.1) is 11.6 Å². The first kappa shape index (κ1) is 14.9. The molecule has 0 aliphatic rings. The molecule has 7 heteroatoms. The van der Waals surface area contributed by atoms with Crippen molar-refractivity contribution in [1.82, 2.24) is 0 Å². The number of anilines is 1. The maximum absolute atomic E-state index is 13.6. The van der Waals surface area contributed by atoms with Crippen LogP contribution >= 0.6 is 11.6 Å². The number of carbonyl (C=O) groups excluding carboxylic acids is 1. The van der Waals surface area contributed by atoms with Crippen molar-refractivity contribution < 1.29 is 23.5 Å². The molecule has 0 heterocycles. The molecule has 0 fully saturated rings. The first-order chi connectivity index (χ1) is 9.90. The molecule has 0 aliphatic heterocycles. The van der Waals surface area contributed by atoms with Gasteiger partial charge in [0.25, 0.3) is 5.91 Å². The summed E-state index contributed by atoms with van der Waals surface area (Å²) in [6, 6.07) is 6.54. The predicted octanol–water partition coefficient (Wildman–Crippen LogP) is 3.57. The number of hydrogen-bond donors (Lipinski definition) is 2. The Labute approximate surface area is 123 Å². The standard InChI is InChI=1S/C14H8ClF2NO3/c15-12-8(2-1-3-10(12)17)13(19)18-11-6-7(14(20)21)4-5-9(11)16/h1-6H,(H,18,19)(H,20,21). The van der Waals surface area contributed by atoms with Gasteiger partial charge in [0.05, 0.1) is 21.8 Å². The molecule has 0 unspecified atom stereocenters. The number of nitrogens with one attached hydrogen (secondary N) is 1. The molecule has 0 spiro atoms. The summed E-state index contributed by atoms with van der Waals surface area (Å²) in [6.07, 6.45) is 0. The van der Waals surface area contributed by atoms with Gasteiger partial charge in [0.1, 0.15) is 11.6 Å². The van der Waals surface area contributed by atoms with E-state index in [9.17, 15) is 18.4 Å². The van der Waals surface area contributed by atoms with Gasteiger partial charge in [0.15, 0.2) is 0 Å². The van der Waals surface area contributed by atoms with Gasteiger partial charge in [0, 0.05) is 0 Å². The van der Waals surface area contributed by atoms with Gasteiger partial charge in [-0.1, -0.05) is 17.7 Å². The van der Waals surface area contributed by atoms with Crippen LogP contribution < -0.4 is 5.32 Å². The molecule has 2 N–H and O–H groups in total. The van der Waals surface area contributed by atoms with E-state index < -0.39 is 28.5 Å². The number of amides is 1. The van der Waals surface area contributed by atoms with E-state index in [0.717, 1.165) is 24.3 Å². The van der Waals surface area contributed by atoms with Gasteiger partial charge in [-0.2, -0.15) is 0 Å². The van der Waals surface area contributed by atoms with Gasteiger partial charge < -0.3 is 10.4 Å². The number of carboxylic acids is 1. The van der Waals surface area contributed by atoms with E-state index in [1.165, 1.54) is 12.1 Å². The van der Waals surface area contributed by atoms with Crippen LogP contribution in [-0.2, 0) is 0 Å². The minimum absolute atomic E-state index is 0.184. The van der Waals surface area contributed by atoms with Gasteiger partial charge in [-0.3, -0.25) is 4.79 Å². The first-order valence-electron chi connectivity index (χ1n) is 5.68. The van der Waals surface area contributed by atoms with Gasteiger partial charge in [-0.15, -0.1) is 0 Å². The fourth-order valence-corrected chi connectivity index (χ4v) is 1.83. The lowest BCUT2D eigenvalue weighted by Crippen LogP contribution is -2.14. The summed E-state index contributed by atoms with van der Waals surface area (Å²) in [5.74, 6) is -3.72. The molecule has 2 aromatic carbocycles. The zero-order valence-electron chi connectivity index (χ0n) is 10.4. The monoisotopic (exact) mass is 311 g/mol. The molecule has 0 aliphatic carbocycles. The number of halogens is 3. The normalized spacial score (nSPS) is 10.2. The van der Waals surface area contributed by atoms with Gasteiger partial charge >= 0.3 is 5.97 Å². The Balaban J connectivity index is 2.33. The van der Waals surface area contributed by atoms with E-state index in [-0.39, 0.29) is 16.8 Å². The zero-order valence-corrected chi connectivity index (χ0v) is 11.1. The maximum Gasteiger partial charge on any atom is 0.335 e. The van der Waals surface area contributed by atoms with Crippen molar-refractivity contribution >= 4 is 29.2 Å². The van der Waals surface area contributed by atoms with Crippen molar-refractivity contribution in [3.8, 4) is 0 Å². The summed E-state index contributed by atoms with van der Waals surface area (Å²) in [4.78, 5) is 22.8.